The number of rotatable bonds is 4. The maximum Gasteiger partial charge on any atom is 0.450 e. The summed E-state index contributed by atoms with van der Waals surface area (Å²) >= 11 is 0. The molecule has 1 rings (SSSR count). The summed E-state index contributed by atoms with van der Waals surface area (Å²) < 4.78 is 35.6. The molecule has 1 aromatic carbocycles. The lowest BCUT2D eigenvalue weighted by molar-refractivity contribution is -0.172. The molecule has 0 unspecified atom stereocenters. The first-order valence-electron chi connectivity index (χ1n) is 4.94. The zero-order valence-corrected chi connectivity index (χ0v) is 9.12. The Kier molecular flexibility index (Phi) is 4.30. The van der Waals surface area contributed by atoms with E-state index in [0.29, 0.717) is 5.56 Å². The number of aromatic hydroxyl groups is 1. The average molecular weight is 261 g/mol. The molecule has 0 heterocycles. The molecule has 7 heteroatoms. The highest BCUT2D eigenvalue weighted by molar-refractivity contribution is 6.00. The Labute approximate surface area is 100 Å². The minimum Gasteiger partial charge on any atom is -0.508 e. The second-order valence-corrected chi connectivity index (χ2v) is 3.50. The van der Waals surface area contributed by atoms with Crippen LogP contribution >= 0.6 is 0 Å². The third kappa shape index (κ3) is 4.08. The van der Waals surface area contributed by atoms with Crippen LogP contribution < -0.4 is 5.32 Å². The summed E-state index contributed by atoms with van der Waals surface area (Å²) in [7, 11) is 0. The van der Waals surface area contributed by atoms with Crippen LogP contribution in [0.4, 0.5) is 13.2 Å². The van der Waals surface area contributed by atoms with Gasteiger partial charge >= 0.3 is 6.18 Å². The fourth-order valence-corrected chi connectivity index (χ4v) is 1.16. The SMILES string of the molecule is O=C(CC(=O)C(F)(F)F)NCc1ccccc1O. The van der Waals surface area contributed by atoms with Crippen molar-refractivity contribution in [2.24, 2.45) is 0 Å². The number of ketones is 1. The molecular weight excluding hydrogens is 251 g/mol. The molecule has 0 fully saturated rings. The summed E-state index contributed by atoms with van der Waals surface area (Å²) in [5, 5.41) is 11.5. The molecule has 0 saturated heterocycles. The van der Waals surface area contributed by atoms with Crippen LogP contribution in [0.25, 0.3) is 0 Å². The van der Waals surface area contributed by atoms with Crippen molar-refractivity contribution in [3.63, 3.8) is 0 Å². The monoisotopic (exact) mass is 261 g/mol. The van der Waals surface area contributed by atoms with Crippen LogP contribution in [-0.2, 0) is 16.1 Å². The van der Waals surface area contributed by atoms with Crippen molar-refractivity contribution in [1.29, 1.82) is 0 Å². The number of para-hydroxylation sites is 1. The molecule has 18 heavy (non-hydrogen) atoms. The summed E-state index contributed by atoms with van der Waals surface area (Å²) in [4.78, 5) is 21.6. The molecule has 1 aromatic rings. The lowest BCUT2D eigenvalue weighted by Crippen LogP contribution is -2.31. The van der Waals surface area contributed by atoms with Gasteiger partial charge in [-0.15, -0.1) is 0 Å². The van der Waals surface area contributed by atoms with E-state index >= 15 is 0 Å². The van der Waals surface area contributed by atoms with Crippen molar-refractivity contribution in [3.8, 4) is 5.75 Å². The standard InChI is InChI=1S/C11H10F3NO3/c12-11(13,14)9(17)5-10(18)15-6-7-3-1-2-4-8(7)16/h1-4,16H,5-6H2,(H,15,18). The predicted molar refractivity (Wildman–Crippen MR) is 55.6 cm³/mol. The fourth-order valence-electron chi connectivity index (χ4n) is 1.16. The van der Waals surface area contributed by atoms with Crippen molar-refractivity contribution in [2.45, 2.75) is 19.1 Å². The predicted octanol–water partition coefficient (Wildman–Crippen LogP) is 1.53. The maximum absolute atomic E-state index is 11.9. The second-order valence-electron chi connectivity index (χ2n) is 3.50. The Morgan fingerprint density at radius 1 is 1.22 bits per heavy atom. The van der Waals surface area contributed by atoms with Gasteiger partial charge in [0, 0.05) is 12.1 Å². The first-order chi connectivity index (χ1) is 8.30. The van der Waals surface area contributed by atoms with E-state index in [-0.39, 0.29) is 12.3 Å². The number of carbonyl (C=O) groups is 2. The number of phenolic OH excluding ortho intramolecular Hbond substituents is 1. The molecule has 4 nitrogen and oxygen atoms in total. The zero-order valence-electron chi connectivity index (χ0n) is 9.12. The molecule has 0 bridgehead atoms. The van der Waals surface area contributed by atoms with Crippen molar-refractivity contribution >= 4 is 11.7 Å². The number of alkyl halides is 3. The lowest BCUT2D eigenvalue weighted by Gasteiger charge is -2.07. The molecular formula is C11H10F3NO3. The molecule has 0 atom stereocenters. The number of amides is 1. The largest absolute Gasteiger partial charge is 0.508 e. The van der Waals surface area contributed by atoms with E-state index in [4.69, 9.17) is 0 Å². The van der Waals surface area contributed by atoms with Gasteiger partial charge in [0.25, 0.3) is 0 Å². The van der Waals surface area contributed by atoms with Crippen LogP contribution in [0.2, 0.25) is 0 Å². The van der Waals surface area contributed by atoms with Crippen LogP contribution in [-0.4, -0.2) is 23.0 Å². The number of carbonyl (C=O) groups excluding carboxylic acids is 2. The number of hydrogen-bond donors (Lipinski definition) is 2. The molecule has 0 radical (unpaired) electrons. The van der Waals surface area contributed by atoms with Gasteiger partial charge in [0.05, 0.1) is 6.42 Å². The van der Waals surface area contributed by atoms with Gasteiger partial charge in [0.15, 0.2) is 0 Å². The van der Waals surface area contributed by atoms with Gasteiger partial charge in [-0.1, -0.05) is 18.2 Å². The van der Waals surface area contributed by atoms with Gasteiger partial charge in [-0.25, -0.2) is 0 Å². The topological polar surface area (TPSA) is 66.4 Å². The normalized spacial score (nSPS) is 11.1. The Morgan fingerprint density at radius 3 is 2.39 bits per heavy atom. The molecule has 98 valence electrons. The van der Waals surface area contributed by atoms with E-state index in [2.05, 4.69) is 5.32 Å². The van der Waals surface area contributed by atoms with E-state index in [0.717, 1.165) is 0 Å². The van der Waals surface area contributed by atoms with Gasteiger partial charge in [0.2, 0.25) is 11.7 Å². The number of nitrogens with one attached hydrogen (secondary N) is 1. The van der Waals surface area contributed by atoms with Crippen molar-refractivity contribution in [1.82, 2.24) is 5.32 Å². The third-order valence-corrected chi connectivity index (χ3v) is 2.10. The van der Waals surface area contributed by atoms with Gasteiger partial charge in [-0.3, -0.25) is 9.59 Å². The minimum atomic E-state index is -5.01. The Bertz CT molecular complexity index is 457. The second kappa shape index (κ2) is 5.52. The highest BCUT2D eigenvalue weighted by Gasteiger charge is 2.39. The molecule has 0 aromatic heterocycles. The molecule has 0 spiro atoms. The summed E-state index contributed by atoms with van der Waals surface area (Å²) in [6, 6.07) is 6.04. The van der Waals surface area contributed by atoms with Crippen molar-refractivity contribution in [3.05, 3.63) is 29.8 Å². The fraction of sp³-hybridized carbons (Fsp3) is 0.273. The Balaban J connectivity index is 2.48. The summed E-state index contributed by atoms with van der Waals surface area (Å²) in [6.45, 7) is -0.142. The minimum absolute atomic E-state index is 0.0834. The van der Waals surface area contributed by atoms with Crippen LogP contribution in [0.5, 0.6) is 5.75 Å². The van der Waals surface area contributed by atoms with Crippen molar-refractivity contribution in [2.75, 3.05) is 0 Å². The summed E-state index contributed by atoms with van der Waals surface area (Å²) in [6.07, 6.45) is -6.26. The Morgan fingerprint density at radius 2 is 1.83 bits per heavy atom. The van der Waals surface area contributed by atoms with Crippen LogP contribution in [0.1, 0.15) is 12.0 Å². The molecule has 0 aliphatic carbocycles. The lowest BCUT2D eigenvalue weighted by atomic mass is 10.2. The third-order valence-electron chi connectivity index (χ3n) is 2.10. The first-order valence-corrected chi connectivity index (χ1v) is 4.94. The number of Topliss-reactive ketones (excluding diaryl/α,β-unsaturated/α-hetero) is 1. The van der Waals surface area contributed by atoms with Gasteiger partial charge in [-0.05, 0) is 6.07 Å². The first kappa shape index (κ1) is 14.0. The Hall–Kier alpha value is -2.05. The van der Waals surface area contributed by atoms with Crippen LogP contribution in [0.3, 0.4) is 0 Å². The van der Waals surface area contributed by atoms with Gasteiger partial charge in [0.1, 0.15) is 5.75 Å². The molecule has 2 N–H and O–H groups in total. The maximum atomic E-state index is 11.9. The quantitative estimate of drug-likeness (QED) is 0.808. The van der Waals surface area contributed by atoms with E-state index in [1.165, 1.54) is 12.1 Å². The van der Waals surface area contributed by atoms with Gasteiger partial charge in [-0.2, -0.15) is 13.2 Å². The van der Waals surface area contributed by atoms with E-state index in [9.17, 15) is 27.9 Å². The number of benzene rings is 1. The summed E-state index contributed by atoms with van der Waals surface area (Å²) in [5.41, 5.74) is 0.352. The van der Waals surface area contributed by atoms with Crippen LogP contribution in [0, 0.1) is 0 Å². The number of hydrogen-bond acceptors (Lipinski definition) is 3. The molecule has 1 amide bonds. The van der Waals surface area contributed by atoms with Crippen LogP contribution in [0.15, 0.2) is 24.3 Å². The molecule has 0 aliphatic heterocycles. The highest BCUT2D eigenvalue weighted by Crippen LogP contribution is 2.18. The summed E-state index contributed by atoms with van der Waals surface area (Å²) in [5.74, 6) is -3.22. The average Bonchev–Trinajstić information content (AvgIpc) is 2.26. The smallest absolute Gasteiger partial charge is 0.450 e. The van der Waals surface area contributed by atoms with E-state index < -0.39 is 24.3 Å². The van der Waals surface area contributed by atoms with E-state index in [1.54, 1.807) is 12.1 Å². The van der Waals surface area contributed by atoms with E-state index in [1.807, 2.05) is 0 Å². The zero-order chi connectivity index (χ0) is 13.8. The number of phenols is 1. The highest BCUT2D eigenvalue weighted by atomic mass is 19.4. The number of halogens is 3. The van der Waals surface area contributed by atoms with Gasteiger partial charge < -0.3 is 10.4 Å². The molecule has 0 aliphatic rings. The molecule has 0 saturated carbocycles. The van der Waals surface area contributed by atoms with Crippen molar-refractivity contribution < 1.29 is 27.9 Å².